The minimum atomic E-state index is 0.120. The van der Waals surface area contributed by atoms with Crippen LogP contribution in [0.1, 0.15) is 11.7 Å². The molecule has 1 N–H and O–H groups in total. The zero-order chi connectivity index (χ0) is 10.4. The average molecular weight is 196 g/mol. The van der Waals surface area contributed by atoms with Crippen LogP contribution < -0.4 is 5.32 Å². The minimum Gasteiger partial charge on any atom is -0.383 e. The van der Waals surface area contributed by atoms with Crippen LogP contribution in [-0.2, 0) is 11.3 Å². The molecule has 1 unspecified atom stereocenters. The van der Waals surface area contributed by atoms with Crippen LogP contribution in [0.3, 0.4) is 0 Å². The Bertz CT molecular complexity index is 284. The summed E-state index contributed by atoms with van der Waals surface area (Å²) >= 11 is 0. The molecule has 0 fully saturated rings. The highest BCUT2D eigenvalue weighted by molar-refractivity contribution is 5.02. The van der Waals surface area contributed by atoms with Gasteiger partial charge in [0.1, 0.15) is 0 Å². The van der Waals surface area contributed by atoms with Gasteiger partial charge in [-0.2, -0.15) is 0 Å². The number of hydrogen-bond donors (Lipinski definition) is 1. The summed E-state index contributed by atoms with van der Waals surface area (Å²) in [6.07, 6.45) is 3.53. The Balaban J connectivity index is 2.79. The highest BCUT2D eigenvalue weighted by Crippen LogP contribution is 2.10. The number of nitrogens with one attached hydrogen (secondary N) is 1. The van der Waals surface area contributed by atoms with Crippen molar-refractivity contribution in [3.05, 3.63) is 24.5 Å². The molecule has 1 rings (SSSR count). The van der Waals surface area contributed by atoms with Gasteiger partial charge in [-0.05, 0) is 7.05 Å². The smallest absolute Gasteiger partial charge is 0.0783 e. The van der Waals surface area contributed by atoms with E-state index in [1.54, 1.807) is 24.1 Å². The zero-order valence-electron chi connectivity index (χ0n) is 8.60. The zero-order valence-corrected chi connectivity index (χ0v) is 8.60. The van der Waals surface area contributed by atoms with Crippen molar-refractivity contribution in [3.63, 3.8) is 0 Å². The van der Waals surface area contributed by atoms with Crippen LogP contribution >= 0.6 is 0 Å². The van der Waals surface area contributed by atoms with Gasteiger partial charge in [-0.3, -0.25) is 0 Å². The molecule has 78 valence electrons. The van der Waals surface area contributed by atoms with Crippen LogP contribution in [0.4, 0.5) is 0 Å². The van der Waals surface area contributed by atoms with E-state index in [1.807, 2.05) is 7.05 Å². The molecule has 1 heterocycles. The summed E-state index contributed by atoms with van der Waals surface area (Å²) < 4.78 is 6.89. The van der Waals surface area contributed by atoms with E-state index in [0.717, 1.165) is 5.69 Å². The van der Waals surface area contributed by atoms with Gasteiger partial charge in [0.2, 0.25) is 0 Å². The third kappa shape index (κ3) is 2.40. The average Bonchev–Trinajstić information content (AvgIpc) is 2.63. The molecule has 0 radical (unpaired) electrons. The topological polar surface area (TPSA) is 52.0 Å². The Morgan fingerprint density at radius 2 is 2.57 bits per heavy atom. The molecule has 0 amide bonds. The summed E-state index contributed by atoms with van der Waals surface area (Å²) in [4.78, 5) is 0. The van der Waals surface area contributed by atoms with Crippen molar-refractivity contribution in [3.8, 4) is 0 Å². The van der Waals surface area contributed by atoms with Gasteiger partial charge >= 0.3 is 0 Å². The number of ether oxygens (including phenoxy) is 1. The number of nitrogens with zero attached hydrogens (tertiary/aromatic N) is 3. The van der Waals surface area contributed by atoms with Gasteiger partial charge in [0.25, 0.3) is 0 Å². The maximum Gasteiger partial charge on any atom is 0.0783 e. The molecule has 0 saturated heterocycles. The molecule has 14 heavy (non-hydrogen) atoms. The maximum absolute atomic E-state index is 5.09. The fraction of sp³-hybridized carbons (Fsp3) is 0.556. The summed E-state index contributed by atoms with van der Waals surface area (Å²) in [6.45, 7) is 4.93. The molecule has 0 aliphatic rings. The lowest BCUT2D eigenvalue weighted by Gasteiger charge is -2.15. The normalized spacial score (nSPS) is 12.7. The van der Waals surface area contributed by atoms with Crippen molar-refractivity contribution in [2.24, 2.45) is 0 Å². The molecule has 0 aliphatic heterocycles. The molecule has 1 aromatic heterocycles. The second kappa shape index (κ2) is 5.51. The minimum absolute atomic E-state index is 0.120. The Labute approximate surface area is 83.8 Å². The molecule has 0 spiro atoms. The molecule has 5 heteroatoms. The van der Waals surface area contributed by atoms with E-state index in [2.05, 4.69) is 22.2 Å². The summed E-state index contributed by atoms with van der Waals surface area (Å²) in [7, 11) is 3.56. The van der Waals surface area contributed by atoms with Crippen molar-refractivity contribution >= 4 is 0 Å². The first kappa shape index (κ1) is 10.9. The fourth-order valence-corrected chi connectivity index (χ4v) is 1.28. The number of hydrogen-bond acceptors (Lipinski definition) is 4. The fourth-order valence-electron chi connectivity index (χ4n) is 1.28. The first-order chi connectivity index (χ1) is 6.83. The lowest BCUT2D eigenvalue weighted by Crippen LogP contribution is -2.24. The molecule has 0 aliphatic carbocycles. The highest BCUT2D eigenvalue weighted by Gasteiger charge is 2.13. The van der Waals surface area contributed by atoms with E-state index in [9.17, 15) is 0 Å². The van der Waals surface area contributed by atoms with Crippen molar-refractivity contribution in [2.75, 3.05) is 20.8 Å². The molecule has 1 aromatic rings. The molecule has 0 bridgehead atoms. The van der Waals surface area contributed by atoms with E-state index in [-0.39, 0.29) is 6.04 Å². The Hall–Kier alpha value is -1.20. The van der Waals surface area contributed by atoms with Gasteiger partial charge in [-0.15, -0.1) is 11.7 Å². The van der Waals surface area contributed by atoms with E-state index in [4.69, 9.17) is 4.74 Å². The SMILES string of the molecule is C=CCn1nncc1C(COC)NC. The molecule has 0 aromatic carbocycles. The lowest BCUT2D eigenvalue weighted by molar-refractivity contribution is 0.167. The van der Waals surface area contributed by atoms with Gasteiger partial charge in [0, 0.05) is 7.11 Å². The number of likely N-dealkylation sites (N-methyl/N-ethyl adjacent to an activating group) is 1. The van der Waals surface area contributed by atoms with Crippen LogP contribution in [0.25, 0.3) is 0 Å². The van der Waals surface area contributed by atoms with Crippen LogP contribution in [0.15, 0.2) is 18.9 Å². The highest BCUT2D eigenvalue weighted by atomic mass is 16.5. The largest absolute Gasteiger partial charge is 0.383 e. The number of allylic oxidation sites excluding steroid dienone is 1. The third-order valence-electron chi connectivity index (χ3n) is 1.99. The standard InChI is InChI=1S/C9H16N4O/c1-4-5-13-9(6-11-12-13)8(10-2)7-14-3/h4,6,8,10H,1,5,7H2,2-3H3. The van der Waals surface area contributed by atoms with E-state index in [1.165, 1.54) is 0 Å². The molecule has 0 saturated carbocycles. The molecular weight excluding hydrogens is 180 g/mol. The molecule has 5 nitrogen and oxygen atoms in total. The summed E-state index contributed by atoms with van der Waals surface area (Å²) in [6, 6.07) is 0.120. The summed E-state index contributed by atoms with van der Waals surface area (Å²) in [5.41, 5.74) is 1.01. The molecular formula is C9H16N4O. The van der Waals surface area contributed by atoms with Gasteiger partial charge in [0.05, 0.1) is 31.1 Å². The van der Waals surface area contributed by atoms with E-state index in [0.29, 0.717) is 13.2 Å². The summed E-state index contributed by atoms with van der Waals surface area (Å²) in [5.74, 6) is 0. The quantitative estimate of drug-likeness (QED) is 0.668. The summed E-state index contributed by atoms with van der Waals surface area (Å²) in [5, 5.41) is 11.0. The van der Waals surface area contributed by atoms with Crippen LogP contribution in [0, 0.1) is 0 Å². The van der Waals surface area contributed by atoms with Crippen molar-refractivity contribution in [1.29, 1.82) is 0 Å². The van der Waals surface area contributed by atoms with E-state index < -0.39 is 0 Å². The first-order valence-corrected chi connectivity index (χ1v) is 4.49. The second-order valence-electron chi connectivity index (χ2n) is 2.93. The van der Waals surface area contributed by atoms with Crippen molar-refractivity contribution < 1.29 is 4.74 Å². The van der Waals surface area contributed by atoms with Gasteiger partial charge in [0.15, 0.2) is 0 Å². The Morgan fingerprint density at radius 1 is 1.79 bits per heavy atom. The second-order valence-corrected chi connectivity index (χ2v) is 2.93. The van der Waals surface area contributed by atoms with E-state index >= 15 is 0 Å². The van der Waals surface area contributed by atoms with Crippen molar-refractivity contribution in [2.45, 2.75) is 12.6 Å². The third-order valence-corrected chi connectivity index (χ3v) is 1.99. The van der Waals surface area contributed by atoms with Crippen LogP contribution in [0.2, 0.25) is 0 Å². The monoisotopic (exact) mass is 196 g/mol. The van der Waals surface area contributed by atoms with Gasteiger partial charge in [-0.25, -0.2) is 4.68 Å². The van der Waals surface area contributed by atoms with Crippen molar-refractivity contribution in [1.82, 2.24) is 20.3 Å². The predicted octanol–water partition coefficient (Wildman–Crippen LogP) is 0.371. The predicted molar refractivity (Wildman–Crippen MR) is 53.9 cm³/mol. The Kier molecular flexibility index (Phi) is 4.28. The lowest BCUT2D eigenvalue weighted by atomic mass is 10.2. The Morgan fingerprint density at radius 3 is 3.14 bits per heavy atom. The van der Waals surface area contributed by atoms with Crippen LogP contribution in [0.5, 0.6) is 0 Å². The van der Waals surface area contributed by atoms with Crippen LogP contribution in [-0.4, -0.2) is 35.8 Å². The van der Waals surface area contributed by atoms with Gasteiger partial charge < -0.3 is 10.1 Å². The maximum atomic E-state index is 5.09. The first-order valence-electron chi connectivity index (χ1n) is 4.49. The van der Waals surface area contributed by atoms with Gasteiger partial charge in [-0.1, -0.05) is 11.3 Å². The number of methoxy groups -OCH3 is 1. The molecule has 1 atom stereocenters. The number of rotatable bonds is 6. The number of aromatic nitrogens is 3.